The molecule has 0 fully saturated rings. The van der Waals surface area contributed by atoms with Crippen LogP contribution in [0.1, 0.15) is 23.9 Å². The Labute approximate surface area is 150 Å². The van der Waals surface area contributed by atoms with Crippen molar-refractivity contribution in [2.45, 2.75) is 40.1 Å². The van der Waals surface area contributed by atoms with E-state index in [2.05, 4.69) is 15.2 Å². The number of alkyl halides is 3. The lowest BCUT2D eigenvalue weighted by Gasteiger charge is -2.14. The zero-order chi connectivity index (χ0) is 19.3. The molecule has 0 radical (unpaired) electrons. The number of benzene rings is 1. The molecule has 1 amide bonds. The van der Waals surface area contributed by atoms with Gasteiger partial charge in [0.2, 0.25) is 5.91 Å². The number of carbonyl (C=O) groups is 1. The summed E-state index contributed by atoms with van der Waals surface area (Å²) in [6.45, 7) is 7.12. The van der Waals surface area contributed by atoms with Gasteiger partial charge >= 0.3 is 6.36 Å². The number of nitrogens with one attached hydrogen (secondary N) is 1. The number of amides is 1. The molecule has 1 N–H and O–H groups in total. The molecule has 2 rings (SSSR count). The molecule has 0 spiro atoms. The molecule has 1 atom stereocenters. The number of halogens is 3. The summed E-state index contributed by atoms with van der Waals surface area (Å²) in [5.74, 6) is -0.297. The quantitative estimate of drug-likeness (QED) is 0.814. The van der Waals surface area contributed by atoms with Crippen LogP contribution in [0.4, 0.5) is 13.2 Å². The first-order valence-electron chi connectivity index (χ1n) is 8.25. The molecule has 5 nitrogen and oxygen atoms in total. The van der Waals surface area contributed by atoms with Gasteiger partial charge in [0.25, 0.3) is 0 Å². The van der Waals surface area contributed by atoms with E-state index in [0.29, 0.717) is 18.7 Å². The molecular formula is C18H22F3N3O2. The fourth-order valence-corrected chi connectivity index (χ4v) is 2.56. The van der Waals surface area contributed by atoms with E-state index in [1.807, 2.05) is 31.5 Å². The van der Waals surface area contributed by atoms with Crippen LogP contribution < -0.4 is 10.1 Å². The fourth-order valence-electron chi connectivity index (χ4n) is 2.56. The molecule has 1 unspecified atom stereocenters. The Balaban J connectivity index is 1.78. The van der Waals surface area contributed by atoms with Gasteiger partial charge in [0.15, 0.2) is 0 Å². The van der Waals surface area contributed by atoms with Crippen molar-refractivity contribution in [3.05, 3.63) is 47.3 Å². The molecule has 0 aliphatic carbocycles. The lowest BCUT2D eigenvalue weighted by atomic mass is 10.1. The third-order valence-corrected chi connectivity index (χ3v) is 3.76. The van der Waals surface area contributed by atoms with E-state index >= 15 is 0 Å². The standard InChI is InChI=1S/C18H22F3N3O2/c1-12(11-24-14(3)8-13(2)23-24)10-22-17(25)9-15-4-6-16(7-5-15)26-18(19,20)21/h4-8,12H,9-11H2,1-3H3,(H,22,25). The monoisotopic (exact) mass is 369 g/mol. The maximum atomic E-state index is 12.1. The topological polar surface area (TPSA) is 56.2 Å². The highest BCUT2D eigenvalue weighted by Crippen LogP contribution is 2.22. The summed E-state index contributed by atoms with van der Waals surface area (Å²) in [5.41, 5.74) is 2.64. The number of rotatable bonds is 7. The first kappa shape index (κ1) is 19.8. The van der Waals surface area contributed by atoms with Crippen molar-refractivity contribution in [3.8, 4) is 5.75 Å². The lowest BCUT2D eigenvalue weighted by molar-refractivity contribution is -0.274. The van der Waals surface area contributed by atoms with Gasteiger partial charge in [-0.15, -0.1) is 13.2 Å². The molecule has 26 heavy (non-hydrogen) atoms. The van der Waals surface area contributed by atoms with Crippen LogP contribution in [0, 0.1) is 19.8 Å². The second kappa shape index (κ2) is 8.25. The zero-order valence-corrected chi connectivity index (χ0v) is 14.9. The molecule has 0 aliphatic heterocycles. The Morgan fingerprint density at radius 1 is 1.27 bits per heavy atom. The Bertz CT molecular complexity index is 739. The van der Waals surface area contributed by atoms with E-state index in [1.165, 1.54) is 24.3 Å². The smallest absolute Gasteiger partial charge is 0.406 e. The number of aryl methyl sites for hydroxylation is 2. The van der Waals surface area contributed by atoms with Crippen molar-refractivity contribution in [1.29, 1.82) is 0 Å². The van der Waals surface area contributed by atoms with E-state index in [1.54, 1.807) is 0 Å². The number of hydrogen-bond donors (Lipinski definition) is 1. The predicted octanol–water partition coefficient (Wildman–Crippen LogP) is 3.39. The Morgan fingerprint density at radius 2 is 1.92 bits per heavy atom. The van der Waals surface area contributed by atoms with Crippen molar-refractivity contribution in [3.63, 3.8) is 0 Å². The number of nitrogens with zero attached hydrogens (tertiary/aromatic N) is 2. The van der Waals surface area contributed by atoms with E-state index in [0.717, 1.165) is 11.4 Å². The first-order valence-corrected chi connectivity index (χ1v) is 8.25. The first-order chi connectivity index (χ1) is 12.1. The van der Waals surface area contributed by atoms with Gasteiger partial charge in [-0.3, -0.25) is 9.48 Å². The van der Waals surface area contributed by atoms with Crippen molar-refractivity contribution in [2.24, 2.45) is 5.92 Å². The van der Waals surface area contributed by atoms with E-state index in [-0.39, 0.29) is 24.0 Å². The molecular weight excluding hydrogens is 347 g/mol. The van der Waals surface area contributed by atoms with Gasteiger partial charge in [0.05, 0.1) is 12.1 Å². The summed E-state index contributed by atoms with van der Waals surface area (Å²) in [6, 6.07) is 7.28. The van der Waals surface area contributed by atoms with Gasteiger partial charge < -0.3 is 10.1 Å². The third kappa shape index (κ3) is 6.42. The maximum absolute atomic E-state index is 12.1. The number of carbonyl (C=O) groups excluding carboxylic acids is 1. The van der Waals surface area contributed by atoms with Crippen molar-refractivity contribution in [2.75, 3.05) is 6.54 Å². The summed E-state index contributed by atoms with van der Waals surface area (Å²) in [5, 5.41) is 7.23. The normalized spacial score (nSPS) is 12.7. The highest BCUT2D eigenvalue weighted by Gasteiger charge is 2.30. The van der Waals surface area contributed by atoms with Crippen molar-refractivity contribution in [1.82, 2.24) is 15.1 Å². The maximum Gasteiger partial charge on any atom is 0.573 e. The second-order valence-corrected chi connectivity index (χ2v) is 6.39. The molecule has 0 aliphatic rings. The lowest BCUT2D eigenvalue weighted by Crippen LogP contribution is -2.31. The van der Waals surface area contributed by atoms with Crippen molar-refractivity contribution >= 4 is 5.91 Å². The van der Waals surface area contributed by atoms with E-state index in [4.69, 9.17) is 0 Å². The third-order valence-electron chi connectivity index (χ3n) is 3.76. The minimum Gasteiger partial charge on any atom is -0.406 e. The molecule has 0 bridgehead atoms. The summed E-state index contributed by atoms with van der Waals surface area (Å²) in [7, 11) is 0. The average Bonchev–Trinajstić information content (AvgIpc) is 2.83. The molecule has 8 heteroatoms. The zero-order valence-electron chi connectivity index (χ0n) is 14.9. The van der Waals surface area contributed by atoms with Gasteiger partial charge in [-0.25, -0.2) is 0 Å². The number of aromatic nitrogens is 2. The van der Waals surface area contributed by atoms with Crippen LogP contribution in [0.5, 0.6) is 5.75 Å². The van der Waals surface area contributed by atoms with Crippen LogP contribution in [0.3, 0.4) is 0 Å². The average molecular weight is 369 g/mol. The van der Waals surface area contributed by atoms with Crippen LogP contribution in [0.15, 0.2) is 30.3 Å². The van der Waals surface area contributed by atoms with Crippen molar-refractivity contribution < 1.29 is 22.7 Å². The van der Waals surface area contributed by atoms with Crippen LogP contribution >= 0.6 is 0 Å². The summed E-state index contributed by atoms with van der Waals surface area (Å²) in [6.07, 6.45) is -4.63. The van der Waals surface area contributed by atoms with E-state index in [9.17, 15) is 18.0 Å². The van der Waals surface area contributed by atoms with Crippen LogP contribution in [0.25, 0.3) is 0 Å². The largest absolute Gasteiger partial charge is 0.573 e. The van der Waals surface area contributed by atoms with E-state index < -0.39 is 6.36 Å². The minimum absolute atomic E-state index is 0.0962. The van der Waals surface area contributed by atoms with Gasteiger partial charge in [0, 0.05) is 18.8 Å². The van der Waals surface area contributed by atoms with Crippen LogP contribution in [-0.2, 0) is 17.8 Å². The molecule has 1 aromatic carbocycles. The summed E-state index contributed by atoms with van der Waals surface area (Å²) >= 11 is 0. The summed E-state index contributed by atoms with van der Waals surface area (Å²) in [4.78, 5) is 12.0. The summed E-state index contributed by atoms with van der Waals surface area (Å²) < 4.78 is 42.1. The number of hydrogen-bond acceptors (Lipinski definition) is 3. The Kier molecular flexibility index (Phi) is 6.28. The fraction of sp³-hybridized carbons (Fsp3) is 0.444. The molecule has 0 saturated carbocycles. The predicted molar refractivity (Wildman–Crippen MR) is 90.7 cm³/mol. The highest BCUT2D eigenvalue weighted by atomic mass is 19.4. The molecule has 1 heterocycles. The SMILES string of the molecule is Cc1cc(C)n(CC(C)CNC(=O)Cc2ccc(OC(F)(F)F)cc2)n1. The van der Waals surface area contributed by atoms with Crippen LogP contribution in [0.2, 0.25) is 0 Å². The number of ether oxygens (including phenoxy) is 1. The molecule has 142 valence electrons. The Morgan fingerprint density at radius 3 is 2.46 bits per heavy atom. The molecule has 2 aromatic rings. The van der Waals surface area contributed by atoms with Gasteiger partial charge in [-0.05, 0) is 43.5 Å². The van der Waals surface area contributed by atoms with Gasteiger partial charge in [-0.2, -0.15) is 5.10 Å². The van der Waals surface area contributed by atoms with Gasteiger partial charge in [0.1, 0.15) is 5.75 Å². The van der Waals surface area contributed by atoms with Crippen LogP contribution in [-0.4, -0.2) is 28.6 Å². The van der Waals surface area contributed by atoms with Gasteiger partial charge in [-0.1, -0.05) is 19.1 Å². The molecule has 0 saturated heterocycles. The minimum atomic E-state index is -4.72. The second-order valence-electron chi connectivity index (χ2n) is 6.39. The Hall–Kier alpha value is -2.51. The molecule has 1 aromatic heterocycles. The highest BCUT2D eigenvalue weighted by molar-refractivity contribution is 5.78.